The first-order chi connectivity index (χ1) is 10.6. The molecule has 1 fully saturated rings. The standard InChI is InChI=1S/C16H24N2O3S/c19-14(8-4-6-13-7-5-11-22-13)17-18-15(20)12-16(21)9-2-1-3-10-16/h5,7,11,21H,1-4,6,8-10,12H2,(H,17,19)(H,18,20). The number of carbonyl (C=O) groups is 2. The SMILES string of the molecule is O=C(CCCc1cccs1)NNC(=O)CC1(O)CCCCC1. The van der Waals surface area contributed by atoms with Crippen molar-refractivity contribution in [2.45, 2.75) is 63.4 Å². The summed E-state index contributed by atoms with van der Waals surface area (Å²) in [5.41, 5.74) is 3.93. The number of carbonyl (C=O) groups excluding carboxylic acids is 2. The molecule has 0 spiro atoms. The van der Waals surface area contributed by atoms with Crippen LogP contribution in [0.15, 0.2) is 17.5 Å². The molecule has 0 aromatic carbocycles. The highest BCUT2D eigenvalue weighted by molar-refractivity contribution is 7.09. The Kier molecular flexibility index (Phi) is 6.39. The number of hydrogen-bond donors (Lipinski definition) is 3. The van der Waals surface area contributed by atoms with Crippen LogP contribution in [0.1, 0.15) is 56.2 Å². The van der Waals surface area contributed by atoms with E-state index >= 15 is 0 Å². The molecule has 1 aliphatic carbocycles. The third kappa shape index (κ3) is 5.77. The fraction of sp³-hybridized carbons (Fsp3) is 0.625. The minimum Gasteiger partial charge on any atom is -0.389 e. The summed E-state index contributed by atoms with van der Waals surface area (Å²) < 4.78 is 0. The van der Waals surface area contributed by atoms with E-state index in [0.717, 1.165) is 32.1 Å². The van der Waals surface area contributed by atoms with Gasteiger partial charge in [0, 0.05) is 11.3 Å². The van der Waals surface area contributed by atoms with Crippen molar-refractivity contribution < 1.29 is 14.7 Å². The molecule has 1 saturated carbocycles. The number of nitrogens with one attached hydrogen (secondary N) is 2. The first-order valence-electron chi connectivity index (χ1n) is 7.90. The van der Waals surface area contributed by atoms with Crippen molar-refractivity contribution in [3.63, 3.8) is 0 Å². The second-order valence-corrected chi connectivity index (χ2v) is 7.02. The average Bonchev–Trinajstić information content (AvgIpc) is 2.99. The van der Waals surface area contributed by atoms with Gasteiger partial charge >= 0.3 is 0 Å². The van der Waals surface area contributed by atoms with Crippen LogP contribution < -0.4 is 10.9 Å². The Hall–Kier alpha value is -1.40. The summed E-state index contributed by atoms with van der Waals surface area (Å²) in [5, 5.41) is 12.3. The molecule has 5 nitrogen and oxygen atoms in total. The number of thiophene rings is 1. The lowest BCUT2D eigenvalue weighted by Gasteiger charge is -2.31. The minimum atomic E-state index is -0.897. The van der Waals surface area contributed by atoms with Crippen LogP contribution in [0.3, 0.4) is 0 Å². The summed E-state index contributed by atoms with van der Waals surface area (Å²) >= 11 is 1.68. The molecule has 3 N–H and O–H groups in total. The molecule has 1 aromatic rings. The zero-order chi connectivity index (χ0) is 15.8. The molecule has 0 unspecified atom stereocenters. The van der Waals surface area contributed by atoms with Gasteiger partial charge in [-0.3, -0.25) is 20.4 Å². The van der Waals surface area contributed by atoms with Gasteiger partial charge in [0.1, 0.15) is 0 Å². The van der Waals surface area contributed by atoms with Gasteiger partial charge in [-0.05, 0) is 37.1 Å². The van der Waals surface area contributed by atoms with E-state index in [9.17, 15) is 14.7 Å². The van der Waals surface area contributed by atoms with Gasteiger partial charge in [-0.1, -0.05) is 25.3 Å². The maximum absolute atomic E-state index is 11.8. The molecule has 22 heavy (non-hydrogen) atoms. The number of aryl methyl sites for hydroxylation is 1. The Bertz CT molecular complexity index is 482. The molecule has 1 aromatic heterocycles. The van der Waals surface area contributed by atoms with E-state index in [-0.39, 0.29) is 18.2 Å². The molecule has 0 bridgehead atoms. The van der Waals surface area contributed by atoms with Crippen molar-refractivity contribution >= 4 is 23.2 Å². The molecule has 0 saturated heterocycles. The van der Waals surface area contributed by atoms with E-state index in [4.69, 9.17) is 0 Å². The summed E-state index contributed by atoms with van der Waals surface area (Å²) in [6.45, 7) is 0. The number of hydrogen-bond acceptors (Lipinski definition) is 4. The Morgan fingerprint density at radius 2 is 1.91 bits per heavy atom. The highest BCUT2D eigenvalue weighted by Crippen LogP contribution is 2.30. The van der Waals surface area contributed by atoms with Gasteiger partial charge < -0.3 is 5.11 Å². The quantitative estimate of drug-likeness (QED) is 0.703. The molecular weight excluding hydrogens is 300 g/mol. The average molecular weight is 324 g/mol. The van der Waals surface area contributed by atoms with Gasteiger partial charge in [0.15, 0.2) is 0 Å². The van der Waals surface area contributed by atoms with Crippen LogP contribution >= 0.6 is 11.3 Å². The van der Waals surface area contributed by atoms with Crippen LogP contribution in [-0.4, -0.2) is 22.5 Å². The van der Waals surface area contributed by atoms with E-state index < -0.39 is 5.60 Å². The van der Waals surface area contributed by atoms with Crippen LogP contribution in [0.5, 0.6) is 0 Å². The maximum atomic E-state index is 11.8. The summed E-state index contributed by atoms with van der Waals surface area (Å²) in [5.74, 6) is -0.517. The molecule has 0 atom stereocenters. The Labute approximate surface area is 135 Å². The minimum absolute atomic E-state index is 0.0580. The molecule has 122 valence electrons. The summed E-state index contributed by atoms with van der Waals surface area (Å²) in [7, 11) is 0. The van der Waals surface area contributed by atoms with Crippen molar-refractivity contribution in [1.82, 2.24) is 10.9 Å². The highest BCUT2D eigenvalue weighted by Gasteiger charge is 2.31. The van der Waals surface area contributed by atoms with Crippen molar-refractivity contribution in [3.05, 3.63) is 22.4 Å². The van der Waals surface area contributed by atoms with E-state index in [2.05, 4.69) is 16.9 Å². The van der Waals surface area contributed by atoms with E-state index in [1.165, 1.54) is 4.88 Å². The van der Waals surface area contributed by atoms with Crippen LogP contribution in [0, 0.1) is 0 Å². The fourth-order valence-corrected chi connectivity index (χ4v) is 3.56. The molecule has 6 heteroatoms. The smallest absolute Gasteiger partial charge is 0.241 e. The van der Waals surface area contributed by atoms with Crippen molar-refractivity contribution in [2.75, 3.05) is 0 Å². The second kappa shape index (κ2) is 8.29. The molecular formula is C16H24N2O3S. The lowest BCUT2D eigenvalue weighted by Crippen LogP contribution is -2.45. The number of rotatable bonds is 6. The predicted octanol–water partition coefficient (Wildman–Crippen LogP) is 2.30. The lowest BCUT2D eigenvalue weighted by atomic mass is 9.82. The van der Waals surface area contributed by atoms with E-state index in [0.29, 0.717) is 19.3 Å². The van der Waals surface area contributed by atoms with Gasteiger partial charge in [-0.2, -0.15) is 0 Å². The number of aliphatic hydroxyl groups is 1. The molecule has 2 rings (SSSR count). The maximum Gasteiger partial charge on any atom is 0.241 e. The fourth-order valence-electron chi connectivity index (χ4n) is 2.81. The zero-order valence-corrected chi connectivity index (χ0v) is 13.6. The van der Waals surface area contributed by atoms with Crippen LogP contribution in [0.25, 0.3) is 0 Å². The van der Waals surface area contributed by atoms with Crippen LogP contribution in [-0.2, 0) is 16.0 Å². The predicted molar refractivity (Wildman–Crippen MR) is 86.2 cm³/mol. The van der Waals surface area contributed by atoms with Gasteiger partial charge in [0.05, 0.1) is 12.0 Å². The molecule has 1 aliphatic rings. The van der Waals surface area contributed by atoms with Crippen LogP contribution in [0.2, 0.25) is 0 Å². The van der Waals surface area contributed by atoms with E-state index in [1.807, 2.05) is 11.4 Å². The molecule has 0 radical (unpaired) electrons. The van der Waals surface area contributed by atoms with Crippen LogP contribution in [0.4, 0.5) is 0 Å². The van der Waals surface area contributed by atoms with Crippen molar-refractivity contribution in [2.24, 2.45) is 0 Å². The largest absolute Gasteiger partial charge is 0.389 e. The third-order valence-corrected chi connectivity index (χ3v) is 4.96. The summed E-state index contributed by atoms with van der Waals surface area (Å²) in [6.07, 6.45) is 6.42. The number of amides is 2. The van der Waals surface area contributed by atoms with Gasteiger partial charge in [-0.25, -0.2) is 0 Å². The molecule has 1 heterocycles. The first-order valence-corrected chi connectivity index (χ1v) is 8.78. The second-order valence-electron chi connectivity index (χ2n) is 5.99. The normalized spacial score (nSPS) is 17.0. The third-order valence-electron chi connectivity index (χ3n) is 4.02. The zero-order valence-electron chi connectivity index (χ0n) is 12.8. The van der Waals surface area contributed by atoms with E-state index in [1.54, 1.807) is 11.3 Å². The number of hydrazine groups is 1. The Morgan fingerprint density at radius 3 is 2.59 bits per heavy atom. The van der Waals surface area contributed by atoms with Crippen molar-refractivity contribution in [3.8, 4) is 0 Å². The lowest BCUT2D eigenvalue weighted by molar-refractivity contribution is -0.133. The summed E-state index contributed by atoms with van der Waals surface area (Å²) in [4.78, 5) is 24.7. The van der Waals surface area contributed by atoms with Gasteiger partial charge in [0.25, 0.3) is 0 Å². The van der Waals surface area contributed by atoms with Crippen molar-refractivity contribution in [1.29, 1.82) is 0 Å². The molecule has 0 aliphatic heterocycles. The monoisotopic (exact) mass is 324 g/mol. The molecule has 2 amide bonds. The Morgan fingerprint density at radius 1 is 1.18 bits per heavy atom. The first kappa shape index (κ1) is 17.0. The van der Waals surface area contributed by atoms with Gasteiger partial charge in [-0.15, -0.1) is 11.3 Å². The highest BCUT2D eigenvalue weighted by atomic mass is 32.1. The topological polar surface area (TPSA) is 78.4 Å². The van der Waals surface area contributed by atoms with Gasteiger partial charge in [0.2, 0.25) is 11.8 Å². The Balaban J connectivity index is 1.60. The summed E-state index contributed by atoms with van der Waals surface area (Å²) in [6, 6.07) is 4.05.